The number of carbonyl (C=O) groups excluding carboxylic acids is 2. The summed E-state index contributed by atoms with van der Waals surface area (Å²) in [7, 11) is 0. The molecule has 0 amide bonds. The highest BCUT2D eigenvalue weighted by molar-refractivity contribution is 6.32. The maximum absolute atomic E-state index is 14.5. The molecule has 0 atom stereocenters. The molecule has 0 spiro atoms. The zero-order chi connectivity index (χ0) is 75.5. The molecule has 0 aliphatic rings. The van der Waals surface area contributed by atoms with Gasteiger partial charge in [0.1, 0.15) is 45.7 Å². The maximum Gasteiger partial charge on any atom is 0.141 e. The molecular formula is C99H74Cl3FN2O3. The molecule has 15 aromatic rings. The molecule has 0 aliphatic heterocycles. The van der Waals surface area contributed by atoms with Crippen LogP contribution in [0.15, 0.2) is 431 Å². The number of hydrogen-bond acceptors (Lipinski definition) is 5. The molecule has 5 nitrogen and oxygen atoms in total. The number of aldehydes is 2. The van der Waals surface area contributed by atoms with Gasteiger partial charge in [-0.15, -0.1) is 0 Å². The number of carbonyl (C=O) groups is 2. The number of benzene rings is 15. The fourth-order valence-corrected chi connectivity index (χ4v) is 14.7. The number of hydrogen-bond donors (Lipinski definition) is 1. The number of aliphatic hydroxyl groups is 1. The van der Waals surface area contributed by atoms with Crippen molar-refractivity contribution in [2.45, 2.75) is 27.3 Å². The first-order valence-corrected chi connectivity index (χ1v) is 36.2. The van der Waals surface area contributed by atoms with Crippen molar-refractivity contribution in [2.75, 3.05) is 0 Å². The molecule has 0 unspecified atom stereocenters. The van der Waals surface area contributed by atoms with Gasteiger partial charge in [-0.25, -0.2) is 4.39 Å². The van der Waals surface area contributed by atoms with Gasteiger partial charge in [0.2, 0.25) is 0 Å². The summed E-state index contributed by atoms with van der Waals surface area (Å²) < 4.78 is 14.5. The van der Waals surface area contributed by atoms with E-state index in [-0.39, 0.29) is 5.82 Å². The summed E-state index contributed by atoms with van der Waals surface area (Å²) in [6, 6.07) is 141. The van der Waals surface area contributed by atoms with E-state index in [1.807, 2.05) is 400 Å². The summed E-state index contributed by atoms with van der Waals surface area (Å²) in [5.41, 5.74) is 7.35. The highest BCUT2D eigenvalue weighted by atomic mass is 35.5. The number of halogens is 4. The van der Waals surface area contributed by atoms with Gasteiger partial charge in [-0.3, -0.25) is 0 Å². The highest BCUT2D eigenvalue weighted by Crippen LogP contribution is 2.45. The average molecular weight is 1470 g/mol. The zero-order valence-corrected chi connectivity index (χ0v) is 61.1. The smallest absolute Gasteiger partial charge is 0.141 e. The van der Waals surface area contributed by atoms with E-state index in [0.717, 1.165) is 84.9 Å². The first-order valence-electron chi connectivity index (χ1n) is 35.1. The van der Waals surface area contributed by atoms with Crippen LogP contribution in [0.1, 0.15) is 83.5 Å². The number of rotatable bonds is 17. The van der Waals surface area contributed by atoms with Crippen LogP contribution in [0.25, 0.3) is 0 Å². The van der Waals surface area contributed by atoms with Crippen molar-refractivity contribution in [2.24, 2.45) is 0 Å². The third kappa shape index (κ3) is 16.3. The Kier molecular flexibility index (Phi) is 26.1. The third-order valence-corrected chi connectivity index (χ3v) is 20.2. The quantitative estimate of drug-likeness (QED) is 0.0723. The first kappa shape index (κ1) is 76.5. The maximum atomic E-state index is 14.5. The zero-order valence-electron chi connectivity index (χ0n) is 58.8. The summed E-state index contributed by atoms with van der Waals surface area (Å²) in [6.07, 6.45) is 2.03. The summed E-state index contributed by atoms with van der Waals surface area (Å²) in [4.78, 5) is 24.6. The molecule has 0 saturated carbocycles. The van der Waals surface area contributed by atoms with E-state index >= 15 is 0 Å². The van der Waals surface area contributed by atoms with Gasteiger partial charge in [-0.2, -0.15) is 10.5 Å². The lowest BCUT2D eigenvalue weighted by Gasteiger charge is -2.30. The minimum Gasteiger partial charge on any atom is -0.376 e. The van der Waals surface area contributed by atoms with Gasteiger partial charge in [-0.1, -0.05) is 441 Å². The summed E-state index contributed by atoms with van der Waals surface area (Å²) in [5.74, 6) is -0.378. The van der Waals surface area contributed by atoms with Crippen molar-refractivity contribution < 1.29 is 19.1 Å². The minimum atomic E-state index is -1.26. The van der Waals surface area contributed by atoms with Crippen molar-refractivity contribution >= 4 is 47.4 Å². The number of nitrogens with zero attached hydrogens (tertiary/aromatic N) is 2. The monoisotopic (exact) mass is 1460 g/mol. The largest absolute Gasteiger partial charge is 0.376 e. The fraction of sp³-hybridized carbons (Fsp3) is 0.0505. The Bertz CT molecular complexity index is 5000. The molecule has 1 N–H and O–H groups in total. The van der Waals surface area contributed by atoms with Crippen LogP contribution in [-0.2, 0) is 36.9 Å². The predicted octanol–water partition coefficient (Wildman–Crippen LogP) is 23.6. The van der Waals surface area contributed by atoms with Crippen molar-refractivity contribution in [1.29, 1.82) is 10.5 Å². The van der Waals surface area contributed by atoms with Gasteiger partial charge in [0, 0.05) is 26.2 Å². The molecule has 0 heterocycles. The molecule has 108 heavy (non-hydrogen) atoms. The van der Waals surface area contributed by atoms with Gasteiger partial charge in [0.15, 0.2) is 0 Å². The Morgan fingerprint density at radius 3 is 0.685 bits per heavy atom. The Balaban J connectivity index is 0.000000134. The summed E-state index contributed by atoms with van der Waals surface area (Å²) in [5, 5.41) is 33.4. The molecule has 15 aromatic carbocycles. The fourth-order valence-electron chi connectivity index (χ4n) is 13.9. The van der Waals surface area contributed by atoms with Gasteiger partial charge in [0.05, 0.1) is 12.1 Å². The SMILES string of the molecule is N#CC(c1ccccc1)(c1ccccc1)c1ccccc1Cl.N#CC(c1ccccc1)(c1ccccc1)c1ccccc1F.O=CC(c1ccccc1)(c1ccccc1)c1ccccc1.O=CC(c1ccccc1)(c1ccccc1)c1ccccc1Cl.OC(c1ccccc1)(c1ccccc1)c1ccccc1Cl. The molecule has 0 bridgehead atoms. The van der Waals surface area contributed by atoms with Crippen LogP contribution in [0, 0.1) is 28.5 Å². The second-order valence-electron chi connectivity index (χ2n) is 25.2. The van der Waals surface area contributed by atoms with E-state index in [0.29, 0.717) is 26.2 Å². The van der Waals surface area contributed by atoms with Crippen molar-refractivity contribution in [1.82, 2.24) is 0 Å². The lowest BCUT2D eigenvalue weighted by molar-refractivity contribution is -0.111. The van der Waals surface area contributed by atoms with Gasteiger partial charge >= 0.3 is 0 Å². The molecule has 526 valence electrons. The summed E-state index contributed by atoms with van der Waals surface area (Å²) in [6.45, 7) is 0. The Morgan fingerprint density at radius 2 is 0.435 bits per heavy atom. The third-order valence-electron chi connectivity index (χ3n) is 19.2. The van der Waals surface area contributed by atoms with Crippen LogP contribution in [0.2, 0.25) is 15.1 Å². The van der Waals surface area contributed by atoms with Crippen LogP contribution in [-0.4, -0.2) is 17.7 Å². The highest BCUT2D eigenvalue weighted by Gasteiger charge is 2.42. The topological polar surface area (TPSA) is 102 Å². The van der Waals surface area contributed by atoms with E-state index in [1.165, 1.54) is 6.07 Å². The molecule has 0 fully saturated rings. The van der Waals surface area contributed by atoms with E-state index in [1.54, 1.807) is 24.3 Å². The van der Waals surface area contributed by atoms with E-state index in [2.05, 4.69) is 12.1 Å². The molecule has 15 rings (SSSR count). The number of nitriles is 2. The van der Waals surface area contributed by atoms with Crippen LogP contribution in [0.5, 0.6) is 0 Å². The molecule has 0 aliphatic carbocycles. The van der Waals surface area contributed by atoms with Crippen molar-refractivity contribution in [3.8, 4) is 12.1 Å². The Morgan fingerprint density at radius 1 is 0.241 bits per heavy atom. The van der Waals surface area contributed by atoms with Crippen LogP contribution >= 0.6 is 34.8 Å². The lowest BCUT2D eigenvalue weighted by atomic mass is 9.70. The second kappa shape index (κ2) is 36.9. The Hall–Kier alpha value is -12.6. The van der Waals surface area contributed by atoms with Crippen LogP contribution in [0.3, 0.4) is 0 Å². The first-order chi connectivity index (χ1) is 53.0. The predicted molar refractivity (Wildman–Crippen MR) is 437 cm³/mol. The van der Waals surface area contributed by atoms with Crippen LogP contribution in [0.4, 0.5) is 4.39 Å². The molecule has 9 heteroatoms. The van der Waals surface area contributed by atoms with E-state index < -0.39 is 27.3 Å². The lowest BCUT2D eigenvalue weighted by Crippen LogP contribution is -2.31. The van der Waals surface area contributed by atoms with E-state index in [9.17, 15) is 29.6 Å². The normalized spacial score (nSPS) is 11.1. The minimum absolute atomic E-state index is 0.370. The van der Waals surface area contributed by atoms with Crippen molar-refractivity contribution in [3.63, 3.8) is 0 Å². The van der Waals surface area contributed by atoms with Crippen LogP contribution < -0.4 is 0 Å². The molecule has 0 saturated heterocycles. The molecular weight excluding hydrogens is 1390 g/mol. The van der Waals surface area contributed by atoms with E-state index in [4.69, 9.17) is 34.8 Å². The van der Waals surface area contributed by atoms with Gasteiger partial charge in [-0.05, 0) is 96.6 Å². The van der Waals surface area contributed by atoms with Gasteiger partial charge in [0.25, 0.3) is 0 Å². The standard InChI is InChI=1S/C20H14ClN.C20H15ClO.C20H14FN.C20H16O.C19H15ClO/c3*21-19-14-8-7-13-18(19)20(15-22,16-9-3-1-4-10-16)17-11-5-2-6-12-17;21-16-20(17-10-4-1-5-11-17,18-12-6-2-7-13-18)19-14-8-3-9-15-19;20-18-14-8-7-13-17(18)19(21,15-9-3-1-4-10-15)16-11-5-2-6-12-16/h1-14H;1-15H;1-14H;1-16H;1-14,21H. The molecule has 0 radical (unpaired) electrons. The average Bonchev–Trinajstić information content (AvgIpc) is 0.795. The Labute approximate surface area is 647 Å². The molecule has 0 aromatic heterocycles. The van der Waals surface area contributed by atoms with Gasteiger partial charge < -0.3 is 14.7 Å². The summed E-state index contributed by atoms with van der Waals surface area (Å²) >= 11 is 19.2. The van der Waals surface area contributed by atoms with Crippen molar-refractivity contribution in [3.05, 3.63) is 535 Å². The second-order valence-corrected chi connectivity index (χ2v) is 26.5.